The topological polar surface area (TPSA) is 66.0 Å². The van der Waals surface area contributed by atoms with Crippen LogP contribution >= 0.6 is 15.9 Å². The molecule has 0 unspecified atom stereocenters. The molecule has 2 heterocycles. The van der Waals surface area contributed by atoms with Crippen LogP contribution in [0.2, 0.25) is 0 Å². The van der Waals surface area contributed by atoms with Crippen LogP contribution < -0.4 is 10.5 Å². The van der Waals surface area contributed by atoms with Crippen LogP contribution in [0.5, 0.6) is 11.5 Å². The fraction of sp³-hybridized carbons (Fsp3) is 0.143. The Morgan fingerprint density at radius 1 is 0.963 bits per heavy atom. The molecule has 5 nitrogen and oxygen atoms in total. The lowest BCUT2D eigenvalue weighted by Crippen LogP contribution is -2.00. The predicted molar refractivity (Wildman–Crippen MR) is 112 cm³/mol. The molecule has 0 saturated heterocycles. The molecule has 0 aliphatic heterocycles. The Morgan fingerprint density at radius 2 is 1.59 bits per heavy atom. The van der Waals surface area contributed by atoms with Crippen LogP contribution in [-0.4, -0.2) is 14.5 Å². The van der Waals surface area contributed by atoms with Gasteiger partial charge in [-0.25, -0.2) is 9.97 Å². The van der Waals surface area contributed by atoms with Gasteiger partial charge in [0.05, 0.1) is 5.39 Å². The minimum absolute atomic E-state index is 0.274. The number of nitrogen functional groups attached to an aromatic ring is 1. The molecule has 0 aliphatic rings. The van der Waals surface area contributed by atoms with Gasteiger partial charge in [-0.15, -0.1) is 0 Å². The van der Waals surface area contributed by atoms with Crippen molar-refractivity contribution < 1.29 is 4.74 Å². The highest BCUT2D eigenvalue weighted by Gasteiger charge is 2.16. The summed E-state index contributed by atoms with van der Waals surface area (Å²) in [5, 5.41) is 0.882. The van der Waals surface area contributed by atoms with Crippen molar-refractivity contribution in [3.63, 3.8) is 0 Å². The number of hydrogen-bond donors (Lipinski definition) is 1. The molecule has 4 rings (SSSR count). The number of aromatic nitrogens is 3. The second-order valence-electron chi connectivity index (χ2n) is 6.58. The number of nitrogens with zero attached hydrogens (tertiary/aromatic N) is 3. The highest BCUT2D eigenvalue weighted by molar-refractivity contribution is 9.10. The van der Waals surface area contributed by atoms with Gasteiger partial charge in [-0.3, -0.25) is 0 Å². The van der Waals surface area contributed by atoms with Crippen LogP contribution in [0.25, 0.3) is 22.2 Å². The third-order valence-electron chi connectivity index (χ3n) is 4.41. The van der Waals surface area contributed by atoms with Gasteiger partial charge in [-0.05, 0) is 55.8 Å². The first-order valence-electron chi connectivity index (χ1n) is 8.68. The molecule has 0 saturated carbocycles. The summed E-state index contributed by atoms with van der Waals surface area (Å²) in [6.45, 7) is 4.24. The summed E-state index contributed by atoms with van der Waals surface area (Å²) in [6.07, 6.45) is 3.60. The summed E-state index contributed by atoms with van der Waals surface area (Å²) in [4.78, 5) is 8.60. The van der Waals surface area contributed by atoms with Gasteiger partial charge in [0.2, 0.25) is 0 Å². The smallest absolute Gasteiger partial charge is 0.146 e. The molecule has 0 radical (unpaired) electrons. The second-order valence-corrected chi connectivity index (χ2v) is 7.50. The van der Waals surface area contributed by atoms with Crippen molar-refractivity contribution in [3.8, 4) is 22.6 Å². The average molecular weight is 423 g/mol. The van der Waals surface area contributed by atoms with Crippen molar-refractivity contribution in [3.05, 3.63) is 65.5 Å². The summed E-state index contributed by atoms with van der Waals surface area (Å²) in [7, 11) is 0. The van der Waals surface area contributed by atoms with E-state index >= 15 is 0 Å². The molecular formula is C21H19BrN4O. The zero-order valence-corrected chi connectivity index (χ0v) is 16.6. The predicted octanol–water partition coefficient (Wildman–Crippen LogP) is 5.82. The zero-order chi connectivity index (χ0) is 19.0. The van der Waals surface area contributed by atoms with Crippen LogP contribution in [0.4, 0.5) is 5.82 Å². The molecule has 0 aliphatic carbocycles. The molecule has 6 heteroatoms. The van der Waals surface area contributed by atoms with Crippen molar-refractivity contribution in [1.82, 2.24) is 14.5 Å². The third-order valence-corrected chi connectivity index (χ3v) is 4.94. The number of anilines is 1. The number of rotatable bonds is 4. The van der Waals surface area contributed by atoms with E-state index in [0.29, 0.717) is 5.82 Å². The summed E-state index contributed by atoms with van der Waals surface area (Å²) < 4.78 is 9.04. The second kappa shape index (κ2) is 7.04. The van der Waals surface area contributed by atoms with E-state index in [1.165, 1.54) is 6.33 Å². The molecule has 0 amide bonds. The van der Waals surface area contributed by atoms with Gasteiger partial charge in [0.15, 0.2) is 0 Å². The lowest BCUT2D eigenvalue weighted by atomic mass is 10.1. The Bertz CT molecular complexity index is 1090. The van der Waals surface area contributed by atoms with E-state index in [2.05, 4.69) is 50.5 Å². The standard InChI is InChI=1S/C21H19BrN4O/c1-13(2)26-11-18(19-20(23)24-12-25-21(19)26)14-3-7-16(8-4-14)27-17-9-5-15(22)6-10-17/h3-13H,1-2H3,(H2,23,24,25). The maximum atomic E-state index is 6.16. The SMILES string of the molecule is CC(C)n1cc(-c2ccc(Oc3ccc(Br)cc3)cc2)c2c(N)ncnc21. The molecule has 136 valence electrons. The molecule has 0 spiro atoms. The minimum atomic E-state index is 0.274. The highest BCUT2D eigenvalue weighted by atomic mass is 79.9. The summed E-state index contributed by atoms with van der Waals surface area (Å²) in [5.74, 6) is 2.06. The molecule has 2 aromatic heterocycles. The van der Waals surface area contributed by atoms with Crippen LogP contribution in [0.3, 0.4) is 0 Å². The van der Waals surface area contributed by atoms with Crippen LogP contribution in [-0.2, 0) is 0 Å². The van der Waals surface area contributed by atoms with Gasteiger partial charge in [-0.2, -0.15) is 0 Å². The molecular weight excluding hydrogens is 404 g/mol. The maximum absolute atomic E-state index is 6.16. The molecule has 0 fully saturated rings. The quantitative estimate of drug-likeness (QED) is 0.450. The number of hydrogen-bond acceptors (Lipinski definition) is 4. The van der Waals surface area contributed by atoms with E-state index in [9.17, 15) is 0 Å². The van der Waals surface area contributed by atoms with Gasteiger partial charge >= 0.3 is 0 Å². The Morgan fingerprint density at radius 3 is 2.22 bits per heavy atom. The van der Waals surface area contributed by atoms with E-state index in [1.807, 2.05) is 48.5 Å². The number of benzene rings is 2. The first-order chi connectivity index (χ1) is 13.0. The van der Waals surface area contributed by atoms with Crippen molar-refractivity contribution in [2.45, 2.75) is 19.9 Å². The van der Waals surface area contributed by atoms with Crippen LogP contribution in [0.1, 0.15) is 19.9 Å². The van der Waals surface area contributed by atoms with Crippen molar-refractivity contribution in [2.75, 3.05) is 5.73 Å². The Labute approximate surface area is 166 Å². The lowest BCUT2D eigenvalue weighted by molar-refractivity contribution is 0.482. The lowest BCUT2D eigenvalue weighted by Gasteiger charge is -2.07. The number of halogens is 1. The minimum Gasteiger partial charge on any atom is -0.457 e. The largest absolute Gasteiger partial charge is 0.457 e. The van der Waals surface area contributed by atoms with Gasteiger partial charge in [0.25, 0.3) is 0 Å². The summed E-state index contributed by atoms with van der Waals surface area (Å²) >= 11 is 3.43. The van der Waals surface area contributed by atoms with E-state index in [4.69, 9.17) is 10.5 Å². The molecule has 0 bridgehead atoms. The maximum Gasteiger partial charge on any atom is 0.146 e. The fourth-order valence-electron chi connectivity index (χ4n) is 3.06. The van der Waals surface area contributed by atoms with Gasteiger partial charge in [0, 0.05) is 22.3 Å². The number of ether oxygens (including phenoxy) is 1. The molecule has 27 heavy (non-hydrogen) atoms. The summed E-state index contributed by atoms with van der Waals surface area (Å²) in [5.41, 5.74) is 9.07. The van der Waals surface area contributed by atoms with E-state index < -0.39 is 0 Å². The van der Waals surface area contributed by atoms with Crippen molar-refractivity contribution in [2.24, 2.45) is 0 Å². The van der Waals surface area contributed by atoms with Gasteiger partial charge < -0.3 is 15.0 Å². The van der Waals surface area contributed by atoms with Crippen molar-refractivity contribution in [1.29, 1.82) is 0 Å². The first kappa shape index (κ1) is 17.5. The molecule has 2 aromatic carbocycles. The monoisotopic (exact) mass is 422 g/mol. The zero-order valence-electron chi connectivity index (χ0n) is 15.1. The summed E-state index contributed by atoms with van der Waals surface area (Å²) in [6, 6.07) is 16.0. The third kappa shape index (κ3) is 3.40. The van der Waals surface area contributed by atoms with Crippen LogP contribution in [0.15, 0.2) is 65.5 Å². The molecule has 4 aromatic rings. The number of fused-ring (bicyclic) bond motifs is 1. The highest BCUT2D eigenvalue weighted by Crippen LogP contribution is 2.35. The Hall–Kier alpha value is -2.86. The fourth-order valence-corrected chi connectivity index (χ4v) is 3.33. The van der Waals surface area contributed by atoms with E-state index in [1.54, 1.807) is 0 Å². The Kier molecular flexibility index (Phi) is 4.58. The van der Waals surface area contributed by atoms with E-state index in [0.717, 1.165) is 38.1 Å². The van der Waals surface area contributed by atoms with Gasteiger partial charge in [-0.1, -0.05) is 28.1 Å². The number of nitrogens with two attached hydrogens (primary N) is 1. The normalized spacial score (nSPS) is 11.3. The Balaban J connectivity index is 1.71. The molecule has 2 N–H and O–H groups in total. The first-order valence-corrected chi connectivity index (χ1v) is 9.47. The van der Waals surface area contributed by atoms with Gasteiger partial charge in [0.1, 0.15) is 29.3 Å². The van der Waals surface area contributed by atoms with E-state index in [-0.39, 0.29) is 6.04 Å². The van der Waals surface area contributed by atoms with Crippen LogP contribution in [0, 0.1) is 0 Å². The molecule has 0 atom stereocenters. The average Bonchev–Trinajstić information content (AvgIpc) is 3.06. The van der Waals surface area contributed by atoms with Crippen molar-refractivity contribution >= 4 is 32.8 Å².